The van der Waals surface area contributed by atoms with Crippen LogP contribution in [0.2, 0.25) is 0 Å². The third-order valence-corrected chi connectivity index (χ3v) is 5.10. The van der Waals surface area contributed by atoms with E-state index in [-0.39, 0.29) is 12.5 Å². The van der Waals surface area contributed by atoms with Crippen LogP contribution in [0.4, 0.5) is 30.5 Å². The number of halogens is 3. The Morgan fingerprint density at radius 2 is 1.90 bits per heavy atom. The van der Waals surface area contributed by atoms with Crippen LogP contribution in [0.1, 0.15) is 27.9 Å². The lowest BCUT2D eigenvalue weighted by atomic mass is 9.99. The molecule has 160 valence electrons. The lowest BCUT2D eigenvalue weighted by Crippen LogP contribution is -2.10. The Balaban J connectivity index is 1.45. The number of anilines is 3. The summed E-state index contributed by atoms with van der Waals surface area (Å²) in [7, 11) is 0. The Morgan fingerprint density at radius 1 is 1.06 bits per heavy atom. The SMILES string of the molecule is NCc1cc(C(F)(F)F)ccc1CCc1ccnc(Nc2ccc3c(c2)CC(=O)N3)n1. The van der Waals surface area contributed by atoms with E-state index in [9.17, 15) is 18.0 Å². The molecule has 4 N–H and O–H groups in total. The number of hydrogen-bond donors (Lipinski definition) is 3. The number of carbonyl (C=O) groups is 1. The van der Waals surface area contributed by atoms with Gasteiger partial charge in [0.1, 0.15) is 0 Å². The number of fused-ring (bicyclic) bond motifs is 1. The molecule has 6 nitrogen and oxygen atoms in total. The summed E-state index contributed by atoms with van der Waals surface area (Å²) in [5, 5.41) is 5.91. The van der Waals surface area contributed by atoms with E-state index in [1.165, 1.54) is 6.07 Å². The Kier molecular flexibility index (Phi) is 5.60. The fourth-order valence-electron chi connectivity index (χ4n) is 3.53. The number of aromatic nitrogens is 2. The minimum atomic E-state index is -4.39. The zero-order valence-electron chi connectivity index (χ0n) is 16.5. The molecule has 1 aliphatic heterocycles. The summed E-state index contributed by atoms with van der Waals surface area (Å²) in [6.45, 7) is 0.0333. The summed E-state index contributed by atoms with van der Waals surface area (Å²) in [4.78, 5) is 20.2. The van der Waals surface area contributed by atoms with Crippen molar-refractivity contribution in [3.8, 4) is 0 Å². The van der Waals surface area contributed by atoms with Gasteiger partial charge in [-0.2, -0.15) is 13.2 Å². The zero-order valence-corrected chi connectivity index (χ0v) is 16.5. The molecule has 0 radical (unpaired) electrons. The van der Waals surface area contributed by atoms with Crippen molar-refractivity contribution in [2.45, 2.75) is 32.0 Å². The lowest BCUT2D eigenvalue weighted by Gasteiger charge is -2.13. The van der Waals surface area contributed by atoms with Gasteiger partial charge in [-0.25, -0.2) is 9.97 Å². The Labute approximate surface area is 176 Å². The van der Waals surface area contributed by atoms with E-state index in [4.69, 9.17) is 5.73 Å². The van der Waals surface area contributed by atoms with Gasteiger partial charge in [-0.15, -0.1) is 0 Å². The number of nitrogens with zero attached hydrogens (tertiary/aromatic N) is 2. The van der Waals surface area contributed by atoms with Crippen LogP contribution in [-0.2, 0) is 36.8 Å². The van der Waals surface area contributed by atoms with Gasteiger partial charge >= 0.3 is 6.18 Å². The number of nitrogens with two attached hydrogens (primary N) is 1. The van der Waals surface area contributed by atoms with Crippen molar-refractivity contribution in [3.63, 3.8) is 0 Å². The van der Waals surface area contributed by atoms with Crippen LogP contribution in [0.5, 0.6) is 0 Å². The van der Waals surface area contributed by atoms with Crippen LogP contribution < -0.4 is 16.4 Å². The molecule has 9 heteroatoms. The lowest BCUT2D eigenvalue weighted by molar-refractivity contribution is -0.137. The first-order valence-corrected chi connectivity index (χ1v) is 9.72. The van der Waals surface area contributed by atoms with Crippen molar-refractivity contribution >= 4 is 23.2 Å². The summed E-state index contributed by atoms with van der Waals surface area (Å²) in [5.41, 5.74) is 9.42. The van der Waals surface area contributed by atoms with E-state index in [0.717, 1.165) is 40.3 Å². The highest BCUT2D eigenvalue weighted by Crippen LogP contribution is 2.31. The van der Waals surface area contributed by atoms with Gasteiger partial charge in [-0.05, 0) is 65.9 Å². The van der Waals surface area contributed by atoms with Gasteiger partial charge in [0.2, 0.25) is 11.9 Å². The Morgan fingerprint density at radius 3 is 2.68 bits per heavy atom. The molecular weight excluding hydrogens is 407 g/mol. The van der Waals surface area contributed by atoms with Gasteiger partial charge < -0.3 is 16.4 Å². The van der Waals surface area contributed by atoms with E-state index in [0.29, 0.717) is 30.8 Å². The summed E-state index contributed by atoms with van der Waals surface area (Å²) >= 11 is 0. The van der Waals surface area contributed by atoms with Crippen LogP contribution in [0.25, 0.3) is 0 Å². The first-order chi connectivity index (χ1) is 14.8. The monoisotopic (exact) mass is 427 g/mol. The maximum absolute atomic E-state index is 12.9. The molecule has 4 rings (SSSR count). The second-order valence-corrected chi connectivity index (χ2v) is 7.28. The quantitative estimate of drug-likeness (QED) is 0.553. The third kappa shape index (κ3) is 4.83. The largest absolute Gasteiger partial charge is 0.416 e. The minimum Gasteiger partial charge on any atom is -0.326 e. The zero-order chi connectivity index (χ0) is 22.0. The van der Waals surface area contributed by atoms with Crippen LogP contribution >= 0.6 is 0 Å². The third-order valence-electron chi connectivity index (χ3n) is 5.10. The Hall–Kier alpha value is -3.46. The molecule has 0 saturated heterocycles. The molecule has 31 heavy (non-hydrogen) atoms. The van der Waals surface area contributed by atoms with E-state index < -0.39 is 11.7 Å². The number of carbonyl (C=O) groups excluding carboxylic acids is 1. The summed E-state index contributed by atoms with van der Waals surface area (Å²) in [5.74, 6) is 0.367. The highest BCUT2D eigenvalue weighted by atomic mass is 19.4. The van der Waals surface area contributed by atoms with Gasteiger partial charge in [0.05, 0.1) is 12.0 Å². The van der Waals surface area contributed by atoms with Crippen molar-refractivity contribution in [1.82, 2.24) is 9.97 Å². The molecule has 0 bridgehead atoms. The number of benzene rings is 2. The molecule has 2 aromatic carbocycles. The van der Waals surface area contributed by atoms with Gasteiger partial charge in [-0.3, -0.25) is 4.79 Å². The Bertz CT molecular complexity index is 1130. The average molecular weight is 427 g/mol. The average Bonchev–Trinajstić information content (AvgIpc) is 3.11. The molecule has 0 atom stereocenters. The number of rotatable bonds is 6. The molecule has 0 unspecified atom stereocenters. The molecule has 0 spiro atoms. The van der Waals surface area contributed by atoms with Crippen LogP contribution in [0, 0.1) is 0 Å². The van der Waals surface area contributed by atoms with E-state index >= 15 is 0 Å². The molecule has 2 heterocycles. The highest BCUT2D eigenvalue weighted by molar-refractivity contribution is 5.99. The van der Waals surface area contributed by atoms with Crippen molar-refractivity contribution in [2.75, 3.05) is 10.6 Å². The number of hydrogen-bond acceptors (Lipinski definition) is 5. The van der Waals surface area contributed by atoms with Crippen molar-refractivity contribution < 1.29 is 18.0 Å². The van der Waals surface area contributed by atoms with E-state index in [1.54, 1.807) is 12.3 Å². The van der Waals surface area contributed by atoms with Crippen LogP contribution in [-0.4, -0.2) is 15.9 Å². The highest BCUT2D eigenvalue weighted by Gasteiger charge is 2.30. The smallest absolute Gasteiger partial charge is 0.326 e. The molecule has 1 amide bonds. The number of aryl methyl sites for hydroxylation is 2. The van der Waals surface area contributed by atoms with E-state index in [1.807, 2.05) is 18.2 Å². The number of nitrogens with one attached hydrogen (secondary N) is 2. The fourth-order valence-corrected chi connectivity index (χ4v) is 3.53. The maximum atomic E-state index is 12.9. The molecule has 0 saturated carbocycles. The molecule has 0 aliphatic carbocycles. The fraction of sp³-hybridized carbons (Fsp3) is 0.227. The molecule has 1 aromatic heterocycles. The topological polar surface area (TPSA) is 92.9 Å². The van der Waals surface area contributed by atoms with Gasteiger partial charge in [0.25, 0.3) is 0 Å². The number of alkyl halides is 3. The predicted molar refractivity (Wildman–Crippen MR) is 111 cm³/mol. The molecular formula is C22H20F3N5O. The predicted octanol–water partition coefficient (Wildman–Crippen LogP) is 3.98. The minimum absolute atomic E-state index is 0.0333. The maximum Gasteiger partial charge on any atom is 0.416 e. The van der Waals surface area contributed by atoms with Crippen molar-refractivity contribution in [3.05, 3.63) is 76.6 Å². The van der Waals surface area contributed by atoms with Gasteiger partial charge in [0.15, 0.2) is 0 Å². The van der Waals surface area contributed by atoms with Crippen molar-refractivity contribution in [2.24, 2.45) is 5.73 Å². The van der Waals surface area contributed by atoms with Crippen LogP contribution in [0.15, 0.2) is 48.7 Å². The number of amides is 1. The summed E-state index contributed by atoms with van der Waals surface area (Å²) in [6, 6.07) is 11.0. The summed E-state index contributed by atoms with van der Waals surface area (Å²) in [6.07, 6.45) is -1.40. The van der Waals surface area contributed by atoms with Gasteiger partial charge in [0, 0.05) is 29.8 Å². The molecule has 1 aliphatic rings. The second kappa shape index (κ2) is 8.35. The summed E-state index contributed by atoms with van der Waals surface area (Å²) < 4.78 is 38.8. The van der Waals surface area contributed by atoms with Crippen molar-refractivity contribution in [1.29, 1.82) is 0 Å². The molecule has 0 fully saturated rings. The first kappa shape index (κ1) is 20.8. The van der Waals surface area contributed by atoms with Crippen LogP contribution in [0.3, 0.4) is 0 Å². The van der Waals surface area contributed by atoms with E-state index in [2.05, 4.69) is 20.6 Å². The normalized spacial score (nSPS) is 13.1. The second-order valence-electron chi connectivity index (χ2n) is 7.28. The standard InChI is InChI=1S/C22H20F3N5O/c23-22(24,25)16-3-1-13(15(9-16)12-26)2-4-17-7-8-27-21(28-17)29-18-5-6-19-14(10-18)11-20(31)30-19/h1,3,5-10H,2,4,11-12,26H2,(H,30,31)(H,27,28,29). The van der Waals surface area contributed by atoms with Gasteiger partial charge in [-0.1, -0.05) is 6.07 Å². The first-order valence-electron chi connectivity index (χ1n) is 9.72. The molecule has 3 aromatic rings.